The molecule has 1 aliphatic heterocycles. The third-order valence-electron chi connectivity index (χ3n) is 3.63. The normalized spacial score (nSPS) is 19.1. The first-order chi connectivity index (χ1) is 8.92. The average molecular weight is 238 g/mol. The Morgan fingerprint density at radius 3 is 2.67 bits per heavy atom. The van der Waals surface area contributed by atoms with E-state index >= 15 is 0 Å². The highest BCUT2D eigenvalue weighted by Gasteiger charge is 2.23. The highest BCUT2D eigenvalue weighted by atomic mass is 15.2. The van der Waals surface area contributed by atoms with Gasteiger partial charge in [-0.2, -0.15) is 0 Å². The number of rotatable bonds is 3. The van der Waals surface area contributed by atoms with E-state index in [-0.39, 0.29) is 0 Å². The van der Waals surface area contributed by atoms with E-state index in [9.17, 15) is 0 Å². The molecule has 1 unspecified atom stereocenters. The third kappa shape index (κ3) is 2.53. The standard InChI is InChI=1S/C16H18N2/c1-2-6-14(7-3-1)12-15-9-11-18(13-15)16-8-4-5-10-17-16/h1-8,10,15H,9,11-13H2. The number of benzene rings is 1. The van der Waals surface area contributed by atoms with Crippen molar-refractivity contribution >= 4 is 5.82 Å². The van der Waals surface area contributed by atoms with Crippen molar-refractivity contribution in [3.05, 3.63) is 60.3 Å². The molecule has 0 saturated carbocycles. The zero-order chi connectivity index (χ0) is 12.2. The minimum atomic E-state index is 0.759. The third-order valence-corrected chi connectivity index (χ3v) is 3.63. The van der Waals surface area contributed by atoms with Gasteiger partial charge in [-0.1, -0.05) is 36.4 Å². The summed E-state index contributed by atoms with van der Waals surface area (Å²) in [6, 6.07) is 16.9. The fourth-order valence-corrected chi connectivity index (χ4v) is 2.70. The predicted molar refractivity (Wildman–Crippen MR) is 74.7 cm³/mol. The Morgan fingerprint density at radius 1 is 1.06 bits per heavy atom. The quantitative estimate of drug-likeness (QED) is 0.816. The van der Waals surface area contributed by atoms with Crippen molar-refractivity contribution in [3.63, 3.8) is 0 Å². The molecule has 0 aliphatic carbocycles. The lowest BCUT2D eigenvalue weighted by Crippen LogP contribution is -2.21. The maximum absolute atomic E-state index is 4.43. The second-order valence-corrected chi connectivity index (χ2v) is 4.98. The molecule has 0 bridgehead atoms. The van der Waals surface area contributed by atoms with Crippen LogP contribution in [0.15, 0.2) is 54.7 Å². The van der Waals surface area contributed by atoms with Gasteiger partial charge < -0.3 is 4.90 Å². The van der Waals surface area contributed by atoms with Gasteiger partial charge in [0.2, 0.25) is 0 Å². The van der Waals surface area contributed by atoms with Crippen molar-refractivity contribution in [3.8, 4) is 0 Å². The molecule has 2 nitrogen and oxygen atoms in total. The highest BCUT2D eigenvalue weighted by Crippen LogP contribution is 2.24. The first-order valence-electron chi connectivity index (χ1n) is 6.62. The van der Waals surface area contributed by atoms with Crippen LogP contribution in [0.5, 0.6) is 0 Å². The summed E-state index contributed by atoms with van der Waals surface area (Å²) in [7, 11) is 0. The van der Waals surface area contributed by atoms with Crippen LogP contribution >= 0.6 is 0 Å². The van der Waals surface area contributed by atoms with Gasteiger partial charge in [-0.25, -0.2) is 4.98 Å². The van der Waals surface area contributed by atoms with Crippen LogP contribution in [-0.2, 0) is 6.42 Å². The monoisotopic (exact) mass is 238 g/mol. The van der Waals surface area contributed by atoms with Gasteiger partial charge in [0.25, 0.3) is 0 Å². The molecule has 1 aromatic carbocycles. The van der Waals surface area contributed by atoms with Gasteiger partial charge in [-0.15, -0.1) is 0 Å². The van der Waals surface area contributed by atoms with Gasteiger partial charge in [0.15, 0.2) is 0 Å². The van der Waals surface area contributed by atoms with Gasteiger partial charge in [0, 0.05) is 19.3 Å². The fraction of sp³-hybridized carbons (Fsp3) is 0.312. The first kappa shape index (κ1) is 11.3. The SMILES string of the molecule is c1ccc(CC2CCN(c3ccccn3)C2)cc1. The van der Waals surface area contributed by atoms with E-state index in [1.165, 1.54) is 18.4 Å². The summed E-state index contributed by atoms with van der Waals surface area (Å²) in [5.74, 6) is 1.88. The molecule has 2 heterocycles. The second-order valence-electron chi connectivity index (χ2n) is 4.98. The lowest BCUT2D eigenvalue weighted by atomic mass is 9.99. The zero-order valence-electron chi connectivity index (χ0n) is 10.5. The lowest BCUT2D eigenvalue weighted by Gasteiger charge is -2.17. The summed E-state index contributed by atoms with van der Waals surface area (Å²) >= 11 is 0. The smallest absolute Gasteiger partial charge is 0.128 e. The molecule has 92 valence electrons. The molecule has 0 N–H and O–H groups in total. The number of aromatic nitrogens is 1. The Morgan fingerprint density at radius 2 is 1.89 bits per heavy atom. The molecule has 0 amide bonds. The molecule has 0 radical (unpaired) electrons. The predicted octanol–water partition coefficient (Wildman–Crippen LogP) is 3.15. The fourth-order valence-electron chi connectivity index (χ4n) is 2.70. The molecular formula is C16H18N2. The summed E-state index contributed by atoms with van der Waals surface area (Å²) in [5, 5.41) is 0. The summed E-state index contributed by atoms with van der Waals surface area (Å²) in [5.41, 5.74) is 1.45. The summed E-state index contributed by atoms with van der Waals surface area (Å²) in [4.78, 5) is 6.82. The van der Waals surface area contributed by atoms with Crippen LogP contribution < -0.4 is 4.90 Å². The highest BCUT2D eigenvalue weighted by molar-refractivity contribution is 5.39. The second kappa shape index (κ2) is 5.21. The Kier molecular flexibility index (Phi) is 3.26. The molecule has 1 aliphatic rings. The maximum Gasteiger partial charge on any atom is 0.128 e. The number of hydrogen-bond acceptors (Lipinski definition) is 2. The summed E-state index contributed by atoms with van der Waals surface area (Å²) < 4.78 is 0. The average Bonchev–Trinajstić information content (AvgIpc) is 2.89. The Hall–Kier alpha value is -1.83. The number of hydrogen-bond donors (Lipinski definition) is 0. The molecule has 1 atom stereocenters. The maximum atomic E-state index is 4.43. The Balaban J connectivity index is 1.62. The summed E-state index contributed by atoms with van der Waals surface area (Å²) in [6.07, 6.45) is 4.33. The molecule has 1 aromatic heterocycles. The van der Waals surface area contributed by atoms with Crippen molar-refractivity contribution in [2.45, 2.75) is 12.8 Å². The van der Waals surface area contributed by atoms with Gasteiger partial charge in [-0.05, 0) is 36.5 Å². The van der Waals surface area contributed by atoms with Crippen molar-refractivity contribution in [1.82, 2.24) is 4.98 Å². The van der Waals surface area contributed by atoms with Crippen LogP contribution in [0, 0.1) is 5.92 Å². The Bertz CT molecular complexity index is 481. The minimum Gasteiger partial charge on any atom is -0.356 e. The first-order valence-corrected chi connectivity index (χ1v) is 6.62. The van der Waals surface area contributed by atoms with E-state index in [1.807, 2.05) is 12.3 Å². The van der Waals surface area contributed by atoms with E-state index in [0.29, 0.717) is 0 Å². The van der Waals surface area contributed by atoms with E-state index in [0.717, 1.165) is 24.8 Å². The molecule has 2 aromatic rings. The van der Waals surface area contributed by atoms with Crippen molar-refractivity contribution in [2.75, 3.05) is 18.0 Å². The van der Waals surface area contributed by atoms with Crippen molar-refractivity contribution in [2.24, 2.45) is 5.92 Å². The molecular weight excluding hydrogens is 220 g/mol. The topological polar surface area (TPSA) is 16.1 Å². The van der Waals surface area contributed by atoms with Crippen LogP contribution in [0.2, 0.25) is 0 Å². The number of anilines is 1. The van der Waals surface area contributed by atoms with Crippen LogP contribution in [0.1, 0.15) is 12.0 Å². The number of pyridine rings is 1. The molecule has 18 heavy (non-hydrogen) atoms. The molecule has 0 spiro atoms. The number of nitrogens with zero attached hydrogens (tertiary/aromatic N) is 2. The van der Waals surface area contributed by atoms with Crippen molar-refractivity contribution < 1.29 is 0 Å². The largest absolute Gasteiger partial charge is 0.356 e. The van der Waals surface area contributed by atoms with Crippen LogP contribution in [0.3, 0.4) is 0 Å². The van der Waals surface area contributed by atoms with Crippen LogP contribution in [0.4, 0.5) is 5.82 Å². The van der Waals surface area contributed by atoms with E-state index in [1.54, 1.807) is 0 Å². The van der Waals surface area contributed by atoms with E-state index < -0.39 is 0 Å². The van der Waals surface area contributed by atoms with E-state index in [4.69, 9.17) is 0 Å². The van der Waals surface area contributed by atoms with Crippen LogP contribution in [-0.4, -0.2) is 18.1 Å². The van der Waals surface area contributed by atoms with Gasteiger partial charge in [0.05, 0.1) is 0 Å². The zero-order valence-corrected chi connectivity index (χ0v) is 10.5. The Labute approximate surface area is 108 Å². The molecule has 1 saturated heterocycles. The van der Waals surface area contributed by atoms with E-state index in [2.05, 4.69) is 52.3 Å². The molecule has 3 rings (SSSR count). The van der Waals surface area contributed by atoms with Gasteiger partial charge in [-0.3, -0.25) is 0 Å². The van der Waals surface area contributed by atoms with Gasteiger partial charge >= 0.3 is 0 Å². The van der Waals surface area contributed by atoms with Crippen LogP contribution in [0.25, 0.3) is 0 Å². The van der Waals surface area contributed by atoms with Gasteiger partial charge in [0.1, 0.15) is 5.82 Å². The summed E-state index contributed by atoms with van der Waals surface area (Å²) in [6.45, 7) is 2.26. The minimum absolute atomic E-state index is 0.759. The lowest BCUT2D eigenvalue weighted by molar-refractivity contribution is 0.586. The van der Waals surface area contributed by atoms with Crippen molar-refractivity contribution in [1.29, 1.82) is 0 Å². The molecule has 1 fully saturated rings. The molecule has 2 heteroatoms.